The van der Waals surface area contributed by atoms with Crippen molar-refractivity contribution in [3.8, 4) is 16.9 Å². The molecule has 0 saturated carbocycles. The molecule has 0 fully saturated rings. The van der Waals surface area contributed by atoms with E-state index in [4.69, 9.17) is 10.5 Å². The SMILES string of the molecule is COc1cc[nH]c1C=C1C(=O)Nc2ccc(F)c(-c3cccc(NCC(N)=O)c3)c21. The highest BCUT2D eigenvalue weighted by Gasteiger charge is 2.30. The van der Waals surface area contributed by atoms with Crippen molar-refractivity contribution in [2.45, 2.75) is 0 Å². The Morgan fingerprint density at radius 3 is 2.83 bits per heavy atom. The molecule has 5 N–H and O–H groups in total. The molecule has 1 aliphatic heterocycles. The molecule has 1 aromatic heterocycles. The summed E-state index contributed by atoms with van der Waals surface area (Å²) in [5.41, 5.74) is 8.52. The van der Waals surface area contributed by atoms with Gasteiger partial charge >= 0.3 is 0 Å². The maximum atomic E-state index is 15.0. The number of amides is 2. The Hall–Kier alpha value is -4.07. The summed E-state index contributed by atoms with van der Waals surface area (Å²) in [6, 6.07) is 11.5. The standard InChI is InChI=1S/C22H19FN4O3/c1-30-18-7-8-25-17(18)10-14-21-16(27-22(14)29)6-5-15(23)20(21)12-3-2-4-13(9-12)26-11-19(24)28/h2-10,25-26H,11H2,1H3,(H2,24,28)(H,27,29). The average molecular weight is 406 g/mol. The van der Waals surface area contributed by atoms with E-state index >= 15 is 4.39 Å². The number of aromatic nitrogens is 1. The lowest BCUT2D eigenvalue weighted by Crippen LogP contribution is -2.21. The lowest BCUT2D eigenvalue weighted by atomic mass is 9.93. The number of fused-ring (bicyclic) bond motifs is 1. The molecule has 8 heteroatoms. The summed E-state index contributed by atoms with van der Waals surface area (Å²) in [7, 11) is 1.53. The molecule has 0 atom stereocenters. The minimum atomic E-state index is -0.507. The number of anilines is 2. The van der Waals surface area contributed by atoms with Gasteiger partial charge in [-0.1, -0.05) is 12.1 Å². The summed E-state index contributed by atoms with van der Waals surface area (Å²) < 4.78 is 20.3. The predicted molar refractivity (Wildman–Crippen MR) is 113 cm³/mol. The van der Waals surface area contributed by atoms with Crippen LogP contribution in [-0.2, 0) is 9.59 Å². The van der Waals surface area contributed by atoms with Gasteiger partial charge in [0.25, 0.3) is 5.91 Å². The molecule has 3 aromatic rings. The number of rotatable bonds is 6. The van der Waals surface area contributed by atoms with Gasteiger partial charge in [0.05, 0.1) is 24.9 Å². The van der Waals surface area contributed by atoms with Crippen LogP contribution in [0.15, 0.2) is 48.7 Å². The number of nitrogens with two attached hydrogens (primary N) is 1. The van der Waals surface area contributed by atoms with E-state index in [1.165, 1.54) is 19.2 Å². The molecule has 2 aromatic carbocycles. The van der Waals surface area contributed by atoms with E-state index in [1.54, 1.807) is 42.6 Å². The molecule has 0 spiro atoms. The summed E-state index contributed by atoms with van der Waals surface area (Å²) >= 11 is 0. The second-order valence-electron chi connectivity index (χ2n) is 6.72. The average Bonchev–Trinajstić information content (AvgIpc) is 3.31. The maximum Gasteiger partial charge on any atom is 0.256 e. The molecule has 1 aliphatic rings. The highest BCUT2D eigenvalue weighted by molar-refractivity contribution is 6.36. The van der Waals surface area contributed by atoms with Crippen LogP contribution in [-0.4, -0.2) is 30.5 Å². The van der Waals surface area contributed by atoms with Crippen LogP contribution in [0.1, 0.15) is 11.3 Å². The minimum Gasteiger partial charge on any atom is -0.495 e. The number of hydrogen-bond acceptors (Lipinski definition) is 4. The highest BCUT2D eigenvalue weighted by Crippen LogP contribution is 2.42. The summed E-state index contributed by atoms with van der Waals surface area (Å²) in [5.74, 6) is -0.746. The Morgan fingerprint density at radius 2 is 2.07 bits per heavy atom. The lowest BCUT2D eigenvalue weighted by molar-refractivity contribution is -0.116. The summed E-state index contributed by atoms with van der Waals surface area (Å²) in [6.07, 6.45) is 3.33. The van der Waals surface area contributed by atoms with Crippen molar-refractivity contribution in [3.63, 3.8) is 0 Å². The molecule has 2 amide bonds. The van der Waals surface area contributed by atoms with Gasteiger partial charge < -0.3 is 26.1 Å². The Labute approximate surface area is 171 Å². The minimum absolute atomic E-state index is 0.0450. The molecule has 152 valence electrons. The first-order valence-electron chi connectivity index (χ1n) is 9.18. The van der Waals surface area contributed by atoms with Crippen molar-refractivity contribution in [3.05, 3.63) is 65.7 Å². The summed E-state index contributed by atoms with van der Waals surface area (Å²) in [5, 5.41) is 5.68. The van der Waals surface area contributed by atoms with Crippen molar-refractivity contribution in [1.82, 2.24) is 4.98 Å². The van der Waals surface area contributed by atoms with Crippen molar-refractivity contribution >= 4 is 34.8 Å². The third-order valence-corrected chi connectivity index (χ3v) is 4.78. The van der Waals surface area contributed by atoms with Gasteiger partial charge in [0.1, 0.15) is 11.6 Å². The van der Waals surface area contributed by atoms with Gasteiger partial charge in [-0.15, -0.1) is 0 Å². The number of ether oxygens (including phenoxy) is 1. The maximum absolute atomic E-state index is 15.0. The van der Waals surface area contributed by atoms with Crippen LogP contribution < -0.4 is 21.1 Å². The van der Waals surface area contributed by atoms with Gasteiger partial charge in [-0.2, -0.15) is 0 Å². The normalized spacial score (nSPS) is 13.8. The van der Waals surface area contributed by atoms with Gasteiger partial charge in [0.2, 0.25) is 5.91 Å². The van der Waals surface area contributed by atoms with E-state index in [0.29, 0.717) is 39.5 Å². The molecule has 0 saturated heterocycles. The number of carbonyl (C=O) groups excluding carboxylic acids is 2. The van der Waals surface area contributed by atoms with Crippen LogP contribution in [0.25, 0.3) is 22.8 Å². The first-order valence-corrected chi connectivity index (χ1v) is 9.18. The third kappa shape index (κ3) is 3.50. The van der Waals surface area contributed by atoms with Crippen molar-refractivity contribution < 1.29 is 18.7 Å². The summed E-state index contributed by atoms with van der Waals surface area (Å²) in [4.78, 5) is 26.7. The van der Waals surface area contributed by atoms with E-state index in [-0.39, 0.29) is 18.0 Å². The number of primary amides is 1. The number of hydrogen-bond donors (Lipinski definition) is 4. The molecule has 0 bridgehead atoms. The zero-order valence-electron chi connectivity index (χ0n) is 16.1. The van der Waals surface area contributed by atoms with E-state index < -0.39 is 11.7 Å². The number of carbonyl (C=O) groups is 2. The van der Waals surface area contributed by atoms with E-state index in [9.17, 15) is 9.59 Å². The molecule has 0 aliphatic carbocycles. The van der Waals surface area contributed by atoms with Crippen LogP contribution in [0.2, 0.25) is 0 Å². The Bertz CT molecular complexity index is 1180. The molecule has 2 heterocycles. The van der Waals surface area contributed by atoms with Crippen LogP contribution in [0.4, 0.5) is 15.8 Å². The van der Waals surface area contributed by atoms with Gasteiger partial charge in [-0.3, -0.25) is 9.59 Å². The van der Waals surface area contributed by atoms with Gasteiger partial charge in [-0.05, 0) is 42.0 Å². The quantitative estimate of drug-likeness (QED) is 0.471. The lowest BCUT2D eigenvalue weighted by Gasteiger charge is -2.12. The number of aromatic amines is 1. The zero-order chi connectivity index (χ0) is 21.3. The fraction of sp³-hybridized carbons (Fsp3) is 0.0909. The monoisotopic (exact) mass is 406 g/mol. The first-order chi connectivity index (χ1) is 14.5. The number of methoxy groups -OCH3 is 1. The molecule has 30 heavy (non-hydrogen) atoms. The van der Waals surface area contributed by atoms with E-state index in [0.717, 1.165) is 0 Å². The zero-order valence-corrected chi connectivity index (χ0v) is 16.1. The Balaban J connectivity index is 1.85. The molecular formula is C22H19FN4O3. The second-order valence-corrected chi connectivity index (χ2v) is 6.72. The van der Waals surface area contributed by atoms with Crippen LogP contribution in [0.5, 0.6) is 5.75 Å². The van der Waals surface area contributed by atoms with Crippen molar-refractivity contribution in [2.24, 2.45) is 5.73 Å². The third-order valence-electron chi connectivity index (χ3n) is 4.78. The molecule has 7 nitrogen and oxygen atoms in total. The number of H-pyrrole nitrogens is 1. The van der Waals surface area contributed by atoms with Crippen LogP contribution in [0.3, 0.4) is 0 Å². The largest absolute Gasteiger partial charge is 0.495 e. The fourth-order valence-electron chi connectivity index (χ4n) is 3.46. The molecule has 0 unspecified atom stereocenters. The second kappa shape index (κ2) is 7.75. The van der Waals surface area contributed by atoms with Crippen molar-refractivity contribution in [2.75, 3.05) is 24.3 Å². The molecule has 0 radical (unpaired) electrons. The molecular weight excluding hydrogens is 387 g/mol. The van der Waals surface area contributed by atoms with E-state index in [2.05, 4.69) is 15.6 Å². The van der Waals surface area contributed by atoms with Crippen molar-refractivity contribution in [1.29, 1.82) is 0 Å². The predicted octanol–water partition coefficient (Wildman–Crippen LogP) is 3.22. The molecule has 4 rings (SSSR count). The van der Waals surface area contributed by atoms with Gasteiger partial charge in [0, 0.05) is 28.7 Å². The van der Waals surface area contributed by atoms with Crippen LogP contribution in [0, 0.1) is 5.82 Å². The first kappa shape index (κ1) is 19.3. The Morgan fingerprint density at radius 1 is 1.23 bits per heavy atom. The van der Waals surface area contributed by atoms with Gasteiger partial charge in [-0.25, -0.2) is 4.39 Å². The summed E-state index contributed by atoms with van der Waals surface area (Å²) in [6.45, 7) is -0.0450. The Kier molecular flexibility index (Phi) is 4.97. The van der Waals surface area contributed by atoms with Crippen LogP contribution >= 0.6 is 0 Å². The number of nitrogens with one attached hydrogen (secondary N) is 3. The number of halogens is 1. The highest BCUT2D eigenvalue weighted by atomic mass is 19.1. The number of benzene rings is 2. The fourth-order valence-corrected chi connectivity index (χ4v) is 3.46. The smallest absolute Gasteiger partial charge is 0.256 e. The van der Waals surface area contributed by atoms with Gasteiger partial charge in [0.15, 0.2) is 0 Å². The van der Waals surface area contributed by atoms with E-state index in [1.807, 2.05) is 0 Å². The topological polar surface area (TPSA) is 109 Å².